The standard InChI is InChI=1S/C15H23N3O2/c1-2-12(14(16)19)13-8-9-17-18(15(13)20)10-11-6-4-3-5-7-11/h8-9,11-12H,2-7,10H2,1H3,(H2,16,19). The summed E-state index contributed by atoms with van der Waals surface area (Å²) >= 11 is 0. The maximum atomic E-state index is 12.4. The summed E-state index contributed by atoms with van der Waals surface area (Å²) in [5, 5.41) is 4.16. The third kappa shape index (κ3) is 3.26. The van der Waals surface area contributed by atoms with Crippen molar-refractivity contribution in [3.8, 4) is 0 Å². The van der Waals surface area contributed by atoms with Crippen molar-refractivity contribution in [2.75, 3.05) is 0 Å². The van der Waals surface area contributed by atoms with Gasteiger partial charge in [-0.1, -0.05) is 26.2 Å². The summed E-state index contributed by atoms with van der Waals surface area (Å²) in [7, 11) is 0. The van der Waals surface area contributed by atoms with Crippen LogP contribution in [0.3, 0.4) is 0 Å². The van der Waals surface area contributed by atoms with E-state index >= 15 is 0 Å². The molecule has 0 spiro atoms. The van der Waals surface area contributed by atoms with Crippen LogP contribution >= 0.6 is 0 Å². The van der Waals surface area contributed by atoms with E-state index in [1.165, 1.54) is 23.9 Å². The van der Waals surface area contributed by atoms with Gasteiger partial charge in [-0.25, -0.2) is 4.68 Å². The summed E-state index contributed by atoms with van der Waals surface area (Å²) in [6.45, 7) is 2.52. The van der Waals surface area contributed by atoms with Gasteiger partial charge < -0.3 is 5.73 Å². The van der Waals surface area contributed by atoms with Crippen molar-refractivity contribution >= 4 is 5.91 Å². The van der Waals surface area contributed by atoms with Gasteiger partial charge in [0.2, 0.25) is 5.91 Å². The fraction of sp³-hybridized carbons (Fsp3) is 0.667. The third-order valence-corrected chi connectivity index (χ3v) is 4.22. The first-order valence-electron chi connectivity index (χ1n) is 7.48. The summed E-state index contributed by atoms with van der Waals surface area (Å²) < 4.78 is 1.51. The molecule has 2 rings (SSSR count). The van der Waals surface area contributed by atoms with E-state index in [9.17, 15) is 9.59 Å². The Morgan fingerprint density at radius 3 is 2.75 bits per heavy atom. The molecule has 1 aromatic heterocycles. The highest BCUT2D eigenvalue weighted by Gasteiger charge is 2.21. The van der Waals surface area contributed by atoms with E-state index in [4.69, 9.17) is 5.73 Å². The fourth-order valence-electron chi connectivity index (χ4n) is 3.05. The fourth-order valence-corrected chi connectivity index (χ4v) is 3.05. The average molecular weight is 277 g/mol. The van der Waals surface area contributed by atoms with Crippen molar-refractivity contribution in [1.29, 1.82) is 0 Å². The number of carbonyl (C=O) groups is 1. The lowest BCUT2D eigenvalue weighted by Crippen LogP contribution is -2.33. The largest absolute Gasteiger partial charge is 0.369 e. The van der Waals surface area contributed by atoms with Gasteiger partial charge in [0.05, 0.1) is 5.92 Å². The van der Waals surface area contributed by atoms with E-state index in [1.54, 1.807) is 12.3 Å². The van der Waals surface area contributed by atoms with Gasteiger partial charge in [-0.2, -0.15) is 5.10 Å². The monoisotopic (exact) mass is 277 g/mol. The zero-order valence-corrected chi connectivity index (χ0v) is 12.0. The molecule has 0 aliphatic heterocycles. The highest BCUT2D eigenvalue weighted by atomic mass is 16.1. The van der Waals surface area contributed by atoms with Crippen molar-refractivity contribution in [2.24, 2.45) is 11.7 Å². The molecular weight excluding hydrogens is 254 g/mol. The van der Waals surface area contributed by atoms with Crippen LogP contribution in [0.1, 0.15) is 56.9 Å². The first kappa shape index (κ1) is 14.8. The second-order valence-electron chi connectivity index (χ2n) is 5.64. The molecule has 5 nitrogen and oxygen atoms in total. The highest BCUT2D eigenvalue weighted by molar-refractivity contribution is 5.81. The number of rotatable bonds is 5. The predicted octanol–water partition coefficient (Wildman–Crippen LogP) is 1.80. The molecule has 1 fully saturated rings. The number of amides is 1. The van der Waals surface area contributed by atoms with Crippen molar-refractivity contribution in [1.82, 2.24) is 9.78 Å². The van der Waals surface area contributed by atoms with Crippen LogP contribution in [0, 0.1) is 5.92 Å². The maximum Gasteiger partial charge on any atom is 0.270 e. The Balaban J connectivity index is 2.22. The summed E-state index contributed by atoms with van der Waals surface area (Å²) in [6, 6.07) is 1.62. The van der Waals surface area contributed by atoms with E-state index in [0.29, 0.717) is 24.4 Å². The Kier molecular flexibility index (Phi) is 4.93. The Bertz CT molecular complexity index is 518. The molecule has 1 aliphatic carbocycles. The van der Waals surface area contributed by atoms with Crippen LogP contribution in [0.4, 0.5) is 0 Å². The second kappa shape index (κ2) is 6.68. The van der Waals surface area contributed by atoms with Gasteiger partial charge in [-0.15, -0.1) is 0 Å². The minimum Gasteiger partial charge on any atom is -0.369 e. The molecular formula is C15H23N3O2. The molecule has 1 atom stereocenters. The van der Waals surface area contributed by atoms with Gasteiger partial charge in [0.25, 0.3) is 5.56 Å². The van der Waals surface area contributed by atoms with Crippen LogP contribution in [-0.2, 0) is 11.3 Å². The molecule has 110 valence electrons. The smallest absolute Gasteiger partial charge is 0.270 e. The first-order chi connectivity index (χ1) is 9.63. The van der Waals surface area contributed by atoms with E-state index < -0.39 is 11.8 Å². The molecule has 5 heteroatoms. The van der Waals surface area contributed by atoms with Gasteiger partial charge in [-0.05, 0) is 31.2 Å². The summed E-state index contributed by atoms with van der Waals surface area (Å²) in [5.41, 5.74) is 5.69. The van der Waals surface area contributed by atoms with E-state index in [0.717, 1.165) is 12.8 Å². The number of aromatic nitrogens is 2. The lowest BCUT2D eigenvalue weighted by molar-refractivity contribution is -0.119. The second-order valence-corrected chi connectivity index (χ2v) is 5.64. The molecule has 0 bridgehead atoms. The van der Waals surface area contributed by atoms with Crippen molar-refractivity contribution < 1.29 is 4.79 Å². The molecule has 0 aromatic carbocycles. The lowest BCUT2D eigenvalue weighted by atomic mass is 9.89. The molecule has 1 unspecified atom stereocenters. The highest BCUT2D eigenvalue weighted by Crippen LogP contribution is 2.24. The Labute approximate surface area is 119 Å². The number of carbonyl (C=O) groups excluding carboxylic acids is 1. The van der Waals surface area contributed by atoms with E-state index in [-0.39, 0.29) is 5.56 Å². The van der Waals surface area contributed by atoms with Gasteiger partial charge in [-0.3, -0.25) is 9.59 Å². The minimum absolute atomic E-state index is 0.163. The van der Waals surface area contributed by atoms with Crippen LogP contribution in [0.15, 0.2) is 17.1 Å². The Morgan fingerprint density at radius 2 is 2.15 bits per heavy atom. The van der Waals surface area contributed by atoms with Crippen LogP contribution < -0.4 is 11.3 Å². The normalized spacial score (nSPS) is 17.9. The molecule has 0 radical (unpaired) electrons. The summed E-state index contributed by atoms with van der Waals surface area (Å²) in [4.78, 5) is 23.9. The van der Waals surface area contributed by atoms with Gasteiger partial charge >= 0.3 is 0 Å². The third-order valence-electron chi connectivity index (χ3n) is 4.22. The van der Waals surface area contributed by atoms with E-state index in [2.05, 4.69) is 5.10 Å². The Hall–Kier alpha value is -1.65. The lowest BCUT2D eigenvalue weighted by Gasteiger charge is -2.22. The predicted molar refractivity (Wildman–Crippen MR) is 77.3 cm³/mol. The molecule has 20 heavy (non-hydrogen) atoms. The topological polar surface area (TPSA) is 78.0 Å². The number of nitrogens with two attached hydrogens (primary N) is 1. The number of hydrogen-bond donors (Lipinski definition) is 1. The van der Waals surface area contributed by atoms with E-state index in [1.807, 2.05) is 6.92 Å². The molecule has 1 aromatic rings. The quantitative estimate of drug-likeness (QED) is 0.891. The van der Waals surface area contributed by atoms with Gasteiger partial charge in [0.1, 0.15) is 0 Å². The number of primary amides is 1. The van der Waals surface area contributed by atoms with Gasteiger partial charge in [0.15, 0.2) is 0 Å². The van der Waals surface area contributed by atoms with Crippen LogP contribution in [0.25, 0.3) is 0 Å². The van der Waals surface area contributed by atoms with Crippen molar-refractivity contribution in [3.63, 3.8) is 0 Å². The molecule has 1 amide bonds. The number of hydrogen-bond acceptors (Lipinski definition) is 3. The van der Waals surface area contributed by atoms with Crippen molar-refractivity contribution in [3.05, 3.63) is 28.2 Å². The average Bonchev–Trinajstić information content (AvgIpc) is 2.44. The number of nitrogens with zero attached hydrogens (tertiary/aromatic N) is 2. The molecule has 1 saturated carbocycles. The molecule has 0 saturated heterocycles. The van der Waals surface area contributed by atoms with Crippen LogP contribution in [-0.4, -0.2) is 15.7 Å². The minimum atomic E-state index is -0.511. The van der Waals surface area contributed by atoms with Crippen LogP contribution in [0.5, 0.6) is 0 Å². The molecule has 1 aliphatic rings. The van der Waals surface area contributed by atoms with Gasteiger partial charge in [0, 0.05) is 18.3 Å². The zero-order valence-electron chi connectivity index (χ0n) is 12.0. The Morgan fingerprint density at radius 1 is 1.45 bits per heavy atom. The molecule has 2 N–H and O–H groups in total. The summed E-state index contributed by atoms with van der Waals surface area (Å²) in [5.74, 6) is -0.430. The molecule has 1 heterocycles. The first-order valence-corrected chi connectivity index (χ1v) is 7.48. The maximum absolute atomic E-state index is 12.4. The van der Waals surface area contributed by atoms with Crippen LogP contribution in [0.2, 0.25) is 0 Å². The SMILES string of the molecule is CCC(C(N)=O)c1ccnn(CC2CCCCC2)c1=O. The zero-order chi connectivity index (χ0) is 14.5. The summed E-state index contributed by atoms with van der Waals surface area (Å²) in [6.07, 6.45) is 8.22. The van der Waals surface area contributed by atoms with Crippen molar-refractivity contribution in [2.45, 2.75) is 57.9 Å².